The third kappa shape index (κ3) is 6.98. The van der Waals surface area contributed by atoms with Gasteiger partial charge >= 0.3 is 0 Å². The van der Waals surface area contributed by atoms with Gasteiger partial charge in [0.15, 0.2) is 0 Å². The Hall–Kier alpha value is -8.52. The molecule has 10 aromatic carbocycles. The monoisotopic (exact) mass is 916 g/mol. The van der Waals surface area contributed by atoms with Crippen LogP contribution >= 0.6 is 0 Å². The zero-order chi connectivity index (χ0) is 49.1. The quantitative estimate of drug-likeness (QED) is 0.105. The zero-order valence-electron chi connectivity index (χ0n) is 42.4. The molecule has 0 aliphatic heterocycles. The van der Waals surface area contributed by atoms with E-state index < -0.39 is 0 Å². The molecule has 0 N–H and O–H groups in total. The molecule has 10 aromatic rings. The summed E-state index contributed by atoms with van der Waals surface area (Å²) >= 11 is 0. The van der Waals surface area contributed by atoms with Crippen molar-refractivity contribution in [2.24, 2.45) is 0 Å². The Morgan fingerprint density at radius 3 is 0.764 bits per heavy atom. The Kier molecular flexibility index (Phi) is 9.99. The predicted molar refractivity (Wildman–Crippen MR) is 313 cm³/mol. The van der Waals surface area contributed by atoms with E-state index in [1.54, 1.807) is 0 Å². The van der Waals surface area contributed by atoms with Crippen molar-refractivity contribution in [2.75, 3.05) is 0 Å². The van der Waals surface area contributed by atoms with Crippen LogP contribution in [0.4, 0.5) is 0 Å². The molecule has 14 rings (SSSR count). The van der Waals surface area contributed by atoms with E-state index >= 15 is 0 Å². The molecule has 0 radical (unpaired) electrons. The van der Waals surface area contributed by atoms with Gasteiger partial charge in [0.2, 0.25) is 0 Å². The van der Waals surface area contributed by atoms with E-state index in [1.165, 1.54) is 153 Å². The van der Waals surface area contributed by atoms with E-state index in [0.29, 0.717) is 0 Å². The van der Waals surface area contributed by atoms with Gasteiger partial charge < -0.3 is 0 Å². The first kappa shape index (κ1) is 43.5. The fourth-order valence-electron chi connectivity index (χ4n) is 12.5. The molecule has 0 aromatic heterocycles. The van der Waals surface area contributed by atoms with Gasteiger partial charge in [-0.15, -0.1) is 23.7 Å². The van der Waals surface area contributed by atoms with Gasteiger partial charge in [0.05, 0.1) is 0 Å². The van der Waals surface area contributed by atoms with Gasteiger partial charge in [0.1, 0.15) is 0 Å². The first-order chi connectivity index (χ1) is 35.0. The molecule has 0 amide bonds. The second-order valence-electron chi connectivity index (χ2n) is 20.9. The van der Waals surface area contributed by atoms with Crippen molar-refractivity contribution in [2.45, 2.75) is 81.1 Å². The maximum absolute atomic E-state index is 3.48. The Morgan fingerprint density at radius 2 is 0.472 bits per heavy atom. The van der Waals surface area contributed by atoms with E-state index in [2.05, 4.69) is 196 Å². The van der Waals surface area contributed by atoms with E-state index in [9.17, 15) is 0 Å². The average Bonchev–Trinajstić information content (AvgIpc) is 4.13. The van der Waals surface area contributed by atoms with Crippen molar-refractivity contribution in [1.82, 2.24) is 0 Å². The highest BCUT2D eigenvalue weighted by Crippen LogP contribution is 2.42. The van der Waals surface area contributed by atoms with Crippen LogP contribution in [0.1, 0.15) is 122 Å². The number of fused-ring (bicyclic) bond motifs is 12. The highest BCUT2D eigenvalue weighted by atomic mass is 14.2. The molecule has 4 aliphatic rings. The highest BCUT2D eigenvalue weighted by Gasteiger charge is 2.21. The topological polar surface area (TPSA) is 0 Å². The van der Waals surface area contributed by atoms with E-state index in [-0.39, 0.29) is 0 Å². The minimum absolute atomic E-state index is 1.01. The van der Waals surface area contributed by atoms with Crippen LogP contribution in [0.2, 0.25) is 0 Å². The first-order valence-corrected chi connectivity index (χ1v) is 25.4. The summed E-state index contributed by atoms with van der Waals surface area (Å²) in [4.78, 5) is 0. The van der Waals surface area contributed by atoms with Crippen LogP contribution in [0.25, 0.3) is 110 Å². The second-order valence-corrected chi connectivity index (χ2v) is 20.9. The molecule has 340 valence electrons. The summed E-state index contributed by atoms with van der Waals surface area (Å²) in [5.41, 5.74) is 21.1. The molecule has 0 fully saturated rings. The van der Waals surface area contributed by atoms with Crippen molar-refractivity contribution in [1.29, 1.82) is 0 Å². The lowest BCUT2D eigenvalue weighted by atomic mass is 9.87. The van der Waals surface area contributed by atoms with Crippen LogP contribution in [-0.4, -0.2) is 0 Å². The molecule has 0 heteroatoms. The Bertz CT molecular complexity index is 4630. The van der Waals surface area contributed by atoms with E-state index in [1.807, 2.05) is 27.7 Å². The number of benzene rings is 10. The lowest BCUT2D eigenvalue weighted by Gasteiger charge is -2.15. The summed E-state index contributed by atoms with van der Waals surface area (Å²) in [5, 5.41) is 19.8. The summed E-state index contributed by atoms with van der Waals surface area (Å²) in [6.45, 7) is 16.6. The van der Waals surface area contributed by atoms with E-state index in [4.69, 9.17) is 0 Å². The molecule has 72 heavy (non-hydrogen) atoms. The molecule has 0 saturated heterocycles. The molecule has 0 unspecified atom stereocenters. The largest absolute Gasteiger partial charge is 0.101 e. The molecule has 0 atom stereocenters. The fourth-order valence-corrected chi connectivity index (χ4v) is 12.5. The molecule has 0 heterocycles. The molecule has 0 nitrogen and oxygen atoms in total. The first-order valence-electron chi connectivity index (χ1n) is 25.4. The molecule has 0 saturated carbocycles. The third-order valence-corrected chi connectivity index (χ3v) is 15.6. The van der Waals surface area contributed by atoms with Gasteiger partial charge in [-0.05, 0) is 297 Å². The second kappa shape index (κ2) is 16.5. The smallest absolute Gasteiger partial charge is 0.0403 e. The molecule has 0 bridgehead atoms. The van der Waals surface area contributed by atoms with Crippen molar-refractivity contribution < 1.29 is 0 Å². The van der Waals surface area contributed by atoms with Crippen LogP contribution in [0.3, 0.4) is 0 Å². The summed E-state index contributed by atoms with van der Waals surface area (Å²) in [5.74, 6) is 26.7. The number of rotatable bonds is 0. The van der Waals surface area contributed by atoms with Crippen LogP contribution in [0.5, 0.6) is 0 Å². The lowest BCUT2D eigenvalue weighted by Crippen LogP contribution is -1.94. The fraction of sp³-hybridized carbons (Fsp3) is 0.167. The highest BCUT2D eigenvalue weighted by molar-refractivity contribution is 6.17. The SMILES string of the molecule is CC#Cc1c2cc3c(cc2c(C#CC)c2cc4cc5cc6c(cc5cc4cc12)C=C(C)C6)CC(C)=C3.CC#Cc1c2cc3c(cc2c(C#CC)c2cc4cc5cc6c(cc5cc4cc12)CC(C)=C6)CC(C)=C3. The Labute approximate surface area is 422 Å². The average molecular weight is 917 g/mol. The van der Waals surface area contributed by atoms with Crippen molar-refractivity contribution in [3.63, 3.8) is 0 Å². The lowest BCUT2D eigenvalue weighted by molar-refractivity contribution is 1.20. The molecular weight excluding hydrogens is 865 g/mol. The number of hydrogen-bond acceptors (Lipinski definition) is 0. The minimum Gasteiger partial charge on any atom is -0.101 e. The van der Waals surface area contributed by atoms with Gasteiger partial charge in [-0.1, -0.05) is 82.4 Å². The molecule has 0 spiro atoms. The van der Waals surface area contributed by atoms with E-state index in [0.717, 1.165) is 47.9 Å². The van der Waals surface area contributed by atoms with Gasteiger partial charge in [-0.3, -0.25) is 0 Å². The van der Waals surface area contributed by atoms with Crippen LogP contribution in [-0.2, 0) is 25.7 Å². The molecular formula is C72H52. The van der Waals surface area contributed by atoms with Crippen molar-refractivity contribution >= 4 is 110 Å². The van der Waals surface area contributed by atoms with Crippen LogP contribution in [0, 0.1) is 47.4 Å². The minimum atomic E-state index is 1.01. The number of hydrogen-bond donors (Lipinski definition) is 0. The zero-order valence-corrected chi connectivity index (χ0v) is 42.4. The maximum atomic E-state index is 3.48. The third-order valence-electron chi connectivity index (χ3n) is 15.6. The summed E-state index contributed by atoms with van der Waals surface area (Å²) < 4.78 is 0. The van der Waals surface area contributed by atoms with Gasteiger partial charge in [0.25, 0.3) is 0 Å². The normalized spacial score (nSPS) is 13.8. The van der Waals surface area contributed by atoms with Crippen LogP contribution < -0.4 is 0 Å². The predicted octanol–water partition coefficient (Wildman–Crippen LogP) is 17.9. The summed E-state index contributed by atoms with van der Waals surface area (Å²) in [6, 6.07) is 37.6. The Morgan fingerprint density at radius 1 is 0.250 bits per heavy atom. The van der Waals surface area contributed by atoms with Crippen molar-refractivity contribution in [3.8, 4) is 47.4 Å². The maximum Gasteiger partial charge on any atom is 0.0403 e. The summed E-state index contributed by atoms with van der Waals surface area (Å²) in [6.07, 6.45) is 13.4. The van der Waals surface area contributed by atoms with Gasteiger partial charge in [-0.2, -0.15) is 0 Å². The molecule has 4 aliphatic carbocycles. The van der Waals surface area contributed by atoms with Gasteiger partial charge in [0, 0.05) is 22.3 Å². The van der Waals surface area contributed by atoms with Crippen molar-refractivity contribution in [3.05, 3.63) is 186 Å². The number of allylic oxidation sites excluding steroid dienone is 4. The Balaban J connectivity index is 0.000000140. The standard InChI is InChI=1S/2C36H26/c2*1-5-7-31-33-17-25-11-22(4)12-26(25)18-34(33)32(8-6-2)36-20-30-16-28-14-24-10-21(3)9-23(24)13-27(28)15-29(30)19-35(31)36/h9,12-20H,10-11H2,1-4H3;9,11,13-20H,10,12H2,1-4H3. The summed E-state index contributed by atoms with van der Waals surface area (Å²) in [7, 11) is 0. The van der Waals surface area contributed by atoms with Crippen LogP contribution in [0.15, 0.2) is 119 Å². The van der Waals surface area contributed by atoms with Gasteiger partial charge in [-0.25, -0.2) is 0 Å².